The summed E-state index contributed by atoms with van der Waals surface area (Å²) in [7, 11) is 1.58. The lowest BCUT2D eigenvalue weighted by atomic mass is 9.95. The van der Waals surface area contributed by atoms with Crippen LogP contribution in [0, 0.1) is 0 Å². The van der Waals surface area contributed by atoms with E-state index in [0.717, 1.165) is 5.56 Å². The van der Waals surface area contributed by atoms with Crippen LogP contribution in [0.2, 0.25) is 5.02 Å². The Hall–Kier alpha value is -3.97. The van der Waals surface area contributed by atoms with E-state index in [0.29, 0.717) is 40.0 Å². The minimum atomic E-state index is -0.848. The fourth-order valence-electron chi connectivity index (χ4n) is 4.42. The molecule has 0 bridgehead atoms. The second-order valence-corrected chi connectivity index (χ2v) is 9.50. The number of aliphatic hydroxyl groups excluding tert-OH is 1. The van der Waals surface area contributed by atoms with Gasteiger partial charge in [0, 0.05) is 12.1 Å². The van der Waals surface area contributed by atoms with Crippen molar-refractivity contribution >= 4 is 29.1 Å². The van der Waals surface area contributed by atoms with Gasteiger partial charge in [0.2, 0.25) is 0 Å². The zero-order chi connectivity index (χ0) is 27.4. The molecule has 0 aromatic heterocycles. The molecular weight excluding hydrogens is 506 g/mol. The Kier molecular flexibility index (Phi) is 8.27. The van der Waals surface area contributed by atoms with Crippen molar-refractivity contribution in [3.63, 3.8) is 0 Å². The van der Waals surface area contributed by atoms with E-state index >= 15 is 0 Å². The monoisotopic (exact) mass is 535 g/mol. The van der Waals surface area contributed by atoms with E-state index in [9.17, 15) is 14.7 Å². The maximum Gasteiger partial charge on any atom is 0.295 e. The molecule has 0 saturated carbocycles. The summed E-state index contributed by atoms with van der Waals surface area (Å²) in [6.45, 7) is 6.17. The molecule has 1 aliphatic rings. The van der Waals surface area contributed by atoms with Gasteiger partial charge < -0.3 is 24.2 Å². The van der Waals surface area contributed by atoms with Gasteiger partial charge in [-0.3, -0.25) is 9.59 Å². The highest BCUT2D eigenvalue weighted by Crippen LogP contribution is 2.42. The van der Waals surface area contributed by atoms with Gasteiger partial charge in [-0.15, -0.1) is 0 Å². The number of benzene rings is 3. The standard InChI is InChI=1S/C30H30ClNO6/c1-5-37-25-16-21(11-14-24(25)31)28(33)26-27(20-7-6-8-23(15-20)38-18(2)3)32(30(35)29(26)34)17-19-9-12-22(36-4)13-10-19/h6-16,18,27,33H,5,17H2,1-4H3/b28-26-. The van der Waals surface area contributed by atoms with Gasteiger partial charge in [-0.05, 0) is 74.4 Å². The van der Waals surface area contributed by atoms with Gasteiger partial charge in [0.15, 0.2) is 0 Å². The Balaban J connectivity index is 1.85. The van der Waals surface area contributed by atoms with Gasteiger partial charge in [0.05, 0.1) is 36.5 Å². The lowest BCUT2D eigenvalue weighted by molar-refractivity contribution is -0.140. The average molecular weight is 536 g/mol. The first-order valence-electron chi connectivity index (χ1n) is 12.3. The van der Waals surface area contributed by atoms with Crippen LogP contribution in [0.1, 0.15) is 43.5 Å². The third-order valence-corrected chi connectivity index (χ3v) is 6.41. The van der Waals surface area contributed by atoms with Crippen molar-refractivity contribution in [2.45, 2.75) is 39.5 Å². The molecule has 1 unspecified atom stereocenters. The first-order valence-corrected chi connectivity index (χ1v) is 12.7. The van der Waals surface area contributed by atoms with Crippen molar-refractivity contribution in [2.24, 2.45) is 0 Å². The van der Waals surface area contributed by atoms with Crippen LogP contribution < -0.4 is 14.2 Å². The molecule has 8 heteroatoms. The van der Waals surface area contributed by atoms with E-state index in [1.54, 1.807) is 49.6 Å². The second-order valence-electron chi connectivity index (χ2n) is 9.09. The minimum Gasteiger partial charge on any atom is -0.507 e. The number of aliphatic hydroxyl groups is 1. The molecule has 7 nitrogen and oxygen atoms in total. The zero-order valence-electron chi connectivity index (χ0n) is 21.7. The van der Waals surface area contributed by atoms with E-state index in [-0.39, 0.29) is 24.0 Å². The Morgan fingerprint density at radius 3 is 2.42 bits per heavy atom. The Morgan fingerprint density at radius 2 is 1.76 bits per heavy atom. The van der Waals surface area contributed by atoms with E-state index in [1.165, 1.54) is 4.90 Å². The third-order valence-electron chi connectivity index (χ3n) is 6.10. The summed E-state index contributed by atoms with van der Waals surface area (Å²) in [6, 6.07) is 18.4. The van der Waals surface area contributed by atoms with Crippen LogP contribution in [0.25, 0.3) is 5.76 Å². The fourth-order valence-corrected chi connectivity index (χ4v) is 4.59. The molecule has 3 aromatic carbocycles. The number of halogens is 1. The summed E-state index contributed by atoms with van der Waals surface area (Å²) in [4.78, 5) is 28.3. The number of carbonyl (C=O) groups excluding carboxylic acids is 2. The summed E-state index contributed by atoms with van der Waals surface area (Å²) < 4.78 is 16.7. The number of hydrogen-bond acceptors (Lipinski definition) is 6. The van der Waals surface area contributed by atoms with Gasteiger partial charge in [-0.1, -0.05) is 35.9 Å². The predicted octanol–water partition coefficient (Wildman–Crippen LogP) is 6.16. The second kappa shape index (κ2) is 11.6. The van der Waals surface area contributed by atoms with Crippen LogP contribution in [0.5, 0.6) is 17.2 Å². The molecule has 0 spiro atoms. The van der Waals surface area contributed by atoms with Crippen molar-refractivity contribution in [3.05, 3.63) is 94.0 Å². The summed E-state index contributed by atoms with van der Waals surface area (Å²) >= 11 is 6.23. The van der Waals surface area contributed by atoms with Crippen LogP contribution >= 0.6 is 11.6 Å². The van der Waals surface area contributed by atoms with E-state index in [1.807, 2.05) is 45.0 Å². The van der Waals surface area contributed by atoms with Crippen LogP contribution in [0.15, 0.2) is 72.3 Å². The minimum absolute atomic E-state index is 0.0185. The van der Waals surface area contributed by atoms with Crippen LogP contribution in [0.3, 0.4) is 0 Å². The molecule has 38 heavy (non-hydrogen) atoms. The smallest absolute Gasteiger partial charge is 0.295 e. The molecular formula is C30H30ClNO6. The normalized spacial score (nSPS) is 16.7. The molecule has 1 heterocycles. The Morgan fingerprint density at radius 1 is 1.03 bits per heavy atom. The summed E-state index contributed by atoms with van der Waals surface area (Å²) in [5.74, 6) is -0.144. The van der Waals surface area contributed by atoms with Crippen molar-refractivity contribution in [2.75, 3.05) is 13.7 Å². The van der Waals surface area contributed by atoms with Crippen LogP contribution in [0.4, 0.5) is 0 Å². The molecule has 1 aliphatic heterocycles. The van der Waals surface area contributed by atoms with E-state index < -0.39 is 17.7 Å². The highest BCUT2D eigenvalue weighted by atomic mass is 35.5. The topological polar surface area (TPSA) is 85.3 Å². The number of ketones is 1. The quantitative estimate of drug-likeness (QED) is 0.201. The molecule has 0 radical (unpaired) electrons. The molecule has 1 atom stereocenters. The number of ether oxygens (including phenoxy) is 3. The molecule has 1 fully saturated rings. The van der Waals surface area contributed by atoms with Crippen molar-refractivity contribution in [1.82, 2.24) is 4.90 Å². The number of Topliss-reactive ketones (excluding diaryl/α,β-unsaturated/α-hetero) is 1. The summed E-state index contributed by atoms with van der Waals surface area (Å²) in [6.07, 6.45) is -0.0676. The largest absolute Gasteiger partial charge is 0.507 e. The molecule has 4 rings (SSSR count). The lowest BCUT2D eigenvalue weighted by Crippen LogP contribution is -2.29. The van der Waals surface area contributed by atoms with Crippen molar-refractivity contribution < 1.29 is 28.9 Å². The van der Waals surface area contributed by atoms with Crippen LogP contribution in [-0.2, 0) is 16.1 Å². The van der Waals surface area contributed by atoms with Gasteiger partial charge in [0.1, 0.15) is 23.0 Å². The summed E-state index contributed by atoms with van der Waals surface area (Å²) in [5.41, 5.74) is 1.74. The first kappa shape index (κ1) is 27.1. The van der Waals surface area contributed by atoms with Crippen molar-refractivity contribution in [1.29, 1.82) is 0 Å². The molecule has 3 aromatic rings. The first-order chi connectivity index (χ1) is 18.2. The number of rotatable bonds is 9. The Labute approximate surface area is 227 Å². The number of likely N-dealkylation sites (tertiary alicyclic amines) is 1. The molecule has 0 aliphatic carbocycles. The lowest BCUT2D eigenvalue weighted by Gasteiger charge is -2.26. The maximum absolute atomic E-state index is 13.4. The van der Waals surface area contributed by atoms with Gasteiger partial charge >= 0.3 is 0 Å². The summed E-state index contributed by atoms with van der Waals surface area (Å²) in [5, 5.41) is 11.8. The molecule has 1 N–H and O–H groups in total. The molecule has 1 saturated heterocycles. The van der Waals surface area contributed by atoms with E-state index in [2.05, 4.69) is 0 Å². The number of methoxy groups -OCH3 is 1. The molecule has 1 amide bonds. The number of nitrogens with zero attached hydrogens (tertiary/aromatic N) is 1. The highest BCUT2D eigenvalue weighted by Gasteiger charge is 2.46. The highest BCUT2D eigenvalue weighted by molar-refractivity contribution is 6.46. The third kappa shape index (κ3) is 5.63. The zero-order valence-corrected chi connectivity index (χ0v) is 22.5. The number of hydrogen-bond donors (Lipinski definition) is 1. The molecule has 198 valence electrons. The van der Waals surface area contributed by atoms with Crippen molar-refractivity contribution in [3.8, 4) is 17.2 Å². The fraction of sp³-hybridized carbons (Fsp3) is 0.267. The number of amides is 1. The van der Waals surface area contributed by atoms with Gasteiger partial charge in [0.25, 0.3) is 11.7 Å². The van der Waals surface area contributed by atoms with Gasteiger partial charge in [-0.25, -0.2) is 0 Å². The predicted molar refractivity (Wildman–Crippen MR) is 146 cm³/mol. The van der Waals surface area contributed by atoms with E-state index in [4.69, 9.17) is 25.8 Å². The van der Waals surface area contributed by atoms with Crippen LogP contribution in [-0.4, -0.2) is 41.5 Å². The number of carbonyl (C=O) groups is 2. The SMILES string of the molecule is CCOc1cc(/C(O)=C2/C(=O)C(=O)N(Cc3ccc(OC)cc3)C2c2cccc(OC(C)C)c2)ccc1Cl. The average Bonchev–Trinajstić information content (AvgIpc) is 3.15. The Bertz CT molecular complexity index is 1370. The maximum atomic E-state index is 13.4. The van der Waals surface area contributed by atoms with Gasteiger partial charge in [-0.2, -0.15) is 0 Å².